The standard InChI is InChI=1S/C22H22O5S/c1-3-27-22(23)21(28(24,25)20-12-10-19(26-2)11-13-20)15-16-8-9-17-6-4-5-7-18(17)14-16/h4-14,21H,3,15H2,1-2H3. The molecule has 0 saturated carbocycles. The molecule has 0 aliphatic rings. The second kappa shape index (κ2) is 8.44. The third-order valence-corrected chi connectivity index (χ3v) is 6.58. The molecule has 1 unspecified atom stereocenters. The van der Waals surface area contributed by atoms with Crippen LogP contribution in [0.25, 0.3) is 10.8 Å². The van der Waals surface area contributed by atoms with Gasteiger partial charge in [-0.1, -0.05) is 42.5 Å². The van der Waals surface area contributed by atoms with Crippen LogP contribution in [0.1, 0.15) is 12.5 Å². The second-order valence-corrected chi connectivity index (χ2v) is 8.48. The third kappa shape index (κ3) is 4.17. The molecule has 28 heavy (non-hydrogen) atoms. The zero-order valence-corrected chi connectivity index (χ0v) is 16.6. The summed E-state index contributed by atoms with van der Waals surface area (Å²) in [5, 5.41) is 0.725. The molecule has 5 nitrogen and oxygen atoms in total. The zero-order valence-electron chi connectivity index (χ0n) is 15.8. The molecule has 0 bridgehead atoms. The minimum atomic E-state index is -3.93. The van der Waals surface area contributed by atoms with Crippen molar-refractivity contribution in [3.63, 3.8) is 0 Å². The van der Waals surface area contributed by atoms with Gasteiger partial charge >= 0.3 is 5.97 Å². The van der Waals surface area contributed by atoms with E-state index in [9.17, 15) is 13.2 Å². The number of carbonyl (C=O) groups is 1. The van der Waals surface area contributed by atoms with Crippen molar-refractivity contribution in [2.75, 3.05) is 13.7 Å². The van der Waals surface area contributed by atoms with E-state index in [4.69, 9.17) is 9.47 Å². The first kappa shape index (κ1) is 19.9. The lowest BCUT2D eigenvalue weighted by molar-refractivity contribution is -0.142. The molecule has 0 N–H and O–H groups in total. The molecule has 146 valence electrons. The first-order chi connectivity index (χ1) is 13.5. The summed E-state index contributed by atoms with van der Waals surface area (Å²) in [5.74, 6) is -0.201. The van der Waals surface area contributed by atoms with E-state index in [0.717, 1.165) is 16.3 Å². The second-order valence-electron chi connectivity index (χ2n) is 6.35. The van der Waals surface area contributed by atoms with E-state index in [1.807, 2.05) is 42.5 Å². The van der Waals surface area contributed by atoms with Crippen LogP contribution in [0.15, 0.2) is 71.6 Å². The maximum Gasteiger partial charge on any atom is 0.325 e. The molecule has 0 aromatic heterocycles. The van der Waals surface area contributed by atoms with Crippen molar-refractivity contribution < 1.29 is 22.7 Å². The van der Waals surface area contributed by atoms with Gasteiger partial charge in [0.25, 0.3) is 0 Å². The van der Waals surface area contributed by atoms with Crippen molar-refractivity contribution in [2.45, 2.75) is 23.5 Å². The van der Waals surface area contributed by atoms with E-state index in [1.165, 1.54) is 19.2 Å². The molecule has 3 aromatic rings. The number of methoxy groups -OCH3 is 1. The molecule has 1 atom stereocenters. The molecule has 6 heteroatoms. The van der Waals surface area contributed by atoms with Crippen LogP contribution in [0.5, 0.6) is 5.75 Å². The molecule has 3 rings (SSSR count). The average molecular weight is 398 g/mol. The Balaban J connectivity index is 1.98. The van der Waals surface area contributed by atoms with Crippen molar-refractivity contribution in [3.05, 3.63) is 72.3 Å². The summed E-state index contributed by atoms with van der Waals surface area (Å²) in [6, 6.07) is 19.5. The highest BCUT2D eigenvalue weighted by molar-refractivity contribution is 7.92. The van der Waals surface area contributed by atoms with E-state index < -0.39 is 21.1 Å². The largest absolute Gasteiger partial charge is 0.497 e. The van der Waals surface area contributed by atoms with Gasteiger partial charge in [0.2, 0.25) is 0 Å². The van der Waals surface area contributed by atoms with Crippen molar-refractivity contribution in [2.24, 2.45) is 0 Å². The Morgan fingerprint density at radius 3 is 2.29 bits per heavy atom. The van der Waals surface area contributed by atoms with Gasteiger partial charge in [-0.2, -0.15) is 0 Å². The van der Waals surface area contributed by atoms with E-state index >= 15 is 0 Å². The van der Waals surface area contributed by atoms with Crippen LogP contribution >= 0.6 is 0 Å². The van der Waals surface area contributed by atoms with Crippen LogP contribution in [0.2, 0.25) is 0 Å². The molecule has 0 saturated heterocycles. The molecule has 0 aliphatic heterocycles. The molecule has 0 heterocycles. The number of hydrogen-bond acceptors (Lipinski definition) is 5. The Bertz CT molecular complexity index is 1070. The molecule has 0 fully saturated rings. The third-order valence-electron chi connectivity index (χ3n) is 4.55. The summed E-state index contributed by atoms with van der Waals surface area (Å²) in [4.78, 5) is 12.6. The molecule has 0 amide bonds. The van der Waals surface area contributed by atoms with Crippen molar-refractivity contribution in [1.82, 2.24) is 0 Å². The SMILES string of the molecule is CCOC(=O)C(Cc1ccc2ccccc2c1)S(=O)(=O)c1ccc(OC)cc1. The predicted octanol–water partition coefficient (Wildman–Crippen LogP) is 3.80. The first-order valence-corrected chi connectivity index (χ1v) is 10.5. The van der Waals surface area contributed by atoms with Crippen LogP contribution in [0.3, 0.4) is 0 Å². The number of hydrogen-bond donors (Lipinski definition) is 0. The predicted molar refractivity (Wildman–Crippen MR) is 108 cm³/mol. The summed E-state index contributed by atoms with van der Waals surface area (Å²) in [6.45, 7) is 1.77. The van der Waals surface area contributed by atoms with Crippen LogP contribution in [-0.2, 0) is 25.8 Å². The highest BCUT2D eigenvalue weighted by atomic mass is 32.2. The number of fused-ring (bicyclic) bond motifs is 1. The Kier molecular flexibility index (Phi) is 5.99. The van der Waals surface area contributed by atoms with Crippen molar-refractivity contribution in [1.29, 1.82) is 0 Å². The fourth-order valence-corrected chi connectivity index (χ4v) is 4.64. The summed E-state index contributed by atoms with van der Waals surface area (Å²) >= 11 is 0. The van der Waals surface area contributed by atoms with Gasteiger partial charge < -0.3 is 9.47 Å². The smallest absolute Gasteiger partial charge is 0.325 e. The lowest BCUT2D eigenvalue weighted by atomic mass is 10.0. The maximum atomic E-state index is 13.2. The van der Waals surface area contributed by atoms with Gasteiger partial charge in [0.15, 0.2) is 15.1 Å². The average Bonchev–Trinajstić information content (AvgIpc) is 2.72. The van der Waals surface area contributed by atoms with Gasteiger partial charge in [-0.25, -0.2) is 8.42 Å². The Morgan fingerprint density at radius 1 is 0.964 bits per heavy atom. The number of sulfone groups is 1. The van der Waals surface area contributed by atoms with Crippen LogP contribution < -0.4 is 4.74 Å². The fraction of sp³-hybridized carbons (Fsp3) is 0.227. The number of esters is 1. The van der Waals surface area contributed by atoms with Gasteiger partial charge in [0.05, 0.1) is 18.6 Å². The van der Waals surface area contributed by atoms with Gasteiger partial charge in [0, 0.05) is 6.42 Å². The normalized spacial score (nSPS) is 12.5. The first-order valence-electron chi connectivity index (χ1n) is 8.98. The highest BCUT2D eigenvalue weighted by Gasteiger charge is 2.35. The number of ether oxygens (including phenoxy) is 2. The zero-order chi connectivity index (χ0) is 20.1. The van der Waals surface area contributed by atoms with E-state index in [2.05, 4.69) is 0 Å². The summed E-state index contributed by atoms with van der Waals surface area (Å²) in [5.41, 5.74) is 0.758. The molecular formula is C22H22O5S. The molecule has 3 aromatic carbocycles. The molecule has 0 aliphatic carbocycles. The van der Waals surface area contributed by atoms with Gasteiger partial charge in [0.1, 0.15) is 5.75 Å². The fourth-order valence-electron chi connectivity index (χ4n) is 3.06. The van der Waals surface area contributed by atoms with Crippen molar-refractivity contribution >= 4 is 26.6 Å². The Labute approximate surface area is 164 Å². The summed E-state index contributed by atoms with van der Waals surface area (Å²) < 4.78 is 36.5. The van der Waals surface area contributed by atoms with Gasteiger partial charge in [-0.05, 0) is 47.5 Å². The van der Waals surface area contributed by atoms with E-state index in [-0.39, 0.29) is 17.9 Å². The molecule has 0 radical (unpaired) electrons. The highest BCUT2D eigenvalue weighted by Crippen LogP contribution is 2.24. The van der Waals surface area contributed by atoms with Gasteiger partial charge in [-0.3, -0.25) is 4.79 Å². The summed E-state index contributed by atoms with van der Waals surface area (Å²) in [7, 11) is -2.42. The van der Waals surface area contributed by atoms with Crippen LogP contribution in [0, 0.1) is 0 Å². The quantitative estimate of drug-likeness (QED) is 0.566. The lowest BCUT2D eigenvalue weighted by Crippen LogP contribution is -2.34. The minimum absolute atomic E-state index is 0.0397. The summed E-state index contributed by atoms with van der Waals surface area (Å²) in [6.07, 6.45) is 0.0397. The van der Waals surface area contributed by atoms with Crippen LogP contribution in [-0.4, -0.2) is 33.4 Å². The van der Waals surface area contributed by atoms with E-state index in [0.29, 0.717) is 5.75 Å². The Morgan fingerprint density at radius 2 is 1.64 bits per heavy atom. The number of carbonyl (C=O) groups excluding carboxylic acids is 1. The molecular weight excluding hydrogens is 376 g/mol. The maximum absolute atomic E-state index is 13.2. The topological polar surface area (TPSA) is 69.7 Å². The Hall–Kier alpha value is -2.86. The minimum Gasteiger partial charge on any atom is -0.497 e. The monoisotopic (exact) mass is 398 g/mol. The van der Waals surface area contributed by atoms with E-state index in [1.54, 1.807) is 19.1 Å². The van der Waals surface area contributed by atoms with Gasteiger partial charge in [-0.15, -0.1) is 0 Å². The number of rotatable bonds is 7. The lowest BCUT2D eigenvalue weighted by Gasteiger charge is -2.17. The van der Waals surface area contributed by atoms with Crippen LogP contribution in [0.4, 0.5) is 0 Å². The number of benzene rings is 3. The van der Waals surface area contributed by atoms with Crippen molar-refractivity contribution in [3.8, 4) is 5.75 Å². The molecule has 0 spiro atoms.